The molecule has 2 aliphatic heterocycles. The maximum absolute atomic E-state index is 5.48. The molecule has 94 valence electrons. The van der Waals surface area contributed by atoms with E-state index in [9.17, 15) is 0 Å². The zero-order valence-electron chi connectivity index (χ0n) is 10.7. The van der Waals surface area contributed by atoms with Crippen molar-refractivity contribution >= 4 is 0 Å². The molecule has 0 aromatic heterocycles. The zero-order chi connectivity index (χ0) is 11.4. The Morgan fingerprint density at radius 1 is 1.31 bits per heavy atom. The molecule has 0 radical (unpaired) electrons. The third-order valence-corrected chi connectivity index (χ3v) is 4.35. The van der Waals surface area contributed by atoms with Crippen molar-refractivity contribution in [1.82, 2.24) is 10.2 Å². The third-order valence-electron chi connectivity index (χ3n) is 4.35. The molecular formula is C13H26N2O. The monoisotopic (exact) mass is 226 g/mol. The number of nitrogens with one attached hydrogen (secondary N) is 1. The van der Waals surface area contributed by atoms with E-state index in [0.717, 1.165) is 25.0 Å². The summed E-state index contributed by atoms with van der Waals surface area (Å²) in [4.78, 5) is 2.55. The second kappa shape index (κ2) is 5.99. The molecule has 3 heteroatoms. The highest BCUT2D eigenvalue weighted by molar-refractivity contribution is 4.79. The summed E-state index contributed by atoms with van der Waals surface area (Å²) in [7, 11) is 2.28. The van der Waals surface area contributed by atoms with E-state index in [4.69, 9.17) is 4.74 Å². The molecule has 2 saturated heterocycles. The van der Waals surface area contributed by atoms with Crippen molar-refractivity contribution < 1.29 is 4.74 Å². The first-order valence-electron chi connectivity index (χ1n) is 6.76. The molecule has 2 rings (SSSR count). The number of nitrogens with zero attached hydrogens (tertiary/aromatic N) is 1. The van der Waals surface area contributed by atoms with Gasteiger partial charge in [-0.1, -0.05) is 0 Å². The van der Waals surface area contributed by atoms with Gasteiger partial charge in [-0.2, -0.15) is 0 Å². The van der Waals surface area contributed by atoms with E-state index in [1.54, 1.807) is 0 Å². The lowest BCUT2D eigenvalue weighted by atomic mass is 9.94. The first kappa shape index (κ1) is 12.3. The predicted octanol–water partition coefficient (Wildman–Crippen LogP) is 1.34. The van der Waals surface area contributed by atoms with Crippen LogP contribution in [0.15, 0.2) is 0 Å². The molecule has 0 aromatic rings. The molecule has 16 heavy (non-hydrogen) atoms. The fraction of sp³-hybridized carbons (Fsp3) is 1.00. The van der Waals surface area contributed by atoms with E-state index in [2.05, 4.69) is 24.2 Å². The first-order valence-corrected chi connectivity index (χ1v) is 6.76. The van der Waals surface area contributed by atoms with Crippen LogP contribution < -0.4 is 5.32 Å². The van der Waals surface area contributed by atoms with Crippen LogP contribution in [0.2, 0.25) is 0 Å². The molecule has 1 N–H and O–H groups in total. The Balaban J connectivity index is 1.74. The Morgan fingerprint density at radius 2 is 2.06 bits per heavy atom. The Bertz CT molecular complexity index is 198. The molecule has 0 bridgehead atoms. The summed E-state index contributed by atoms with van der Waals surface area (Å²) in [6, 6.07) is 0.678. The van der Waals surface area contributed by atoms with Crippen LogP contribution in [-0.4, -0.2) is 50.8 Å². The summed E-state index contributed by atoms with van der Waals surface area (Å²) in [6.45, 7) is 7.98. The van der Waals surface area contributed by atoms with E-state index < -0.39 is 0 Å². The van der Waals surface area contributed by atoms with Gasteiger partial charge in [-0.25, -0.2) is 0 Å². The van der Waals surface area contributed by atoms with Crippen LogP contribution in [0.3, 0.4) is 0 Å². The predicted molar refractivity (Wildman–Crippen MR) is 66.6 cm³/mol. The molecule has 2 unspecified atom stereocenters. The van der Waals surface area contributed by atoms with Gasteiger partial charge in [-0.05, 0) is 58.2 Å². The minimum atomic E-state index is 0.678. The molecule has 0 saturated carbocycles. The summed E-state index contributed by atoms with van der Waals surface area (Å²) >= 11 is 0. The molecule has 0 amide bonds. The normalized spacial score (nSPS) is 29.8. The minimum absolute atomic E-state index is 0.678. The van der Waals surface area contributed by atoms with Crippen LogP contribution in [-0.2, 0) is 4.74 Å². The lowest BCUT2D eigenvalue weighted by Gasteiger charge is -2.33. The van der Waals surface area contributed by atoms with Gasteiger partial charge in [-0.3, -0.25) is 0 Å². The SMILES string of the molecule is CC(C1CCOC1)N(C)CC1CCNCC1. The average Bonchev–Trinajstić information content (AvgIpc) is 2.83. The molecule has 2 atom stereocenters. The van der Waals surface area contributed by atoms with Crippen LogP contribution >= 0.6 is 0 Å². The Labute approximate surface area is 99.5 Å². The summed E-state index contributed by atoms with van der Waals surface area (Å²) in [5, 5.41) is 3.43. The van der Waals surface area contributed by atoms with Crippen LogP contribution in [0.1, 0.15) is 26.2 Å². The van der Waals surface area contributed by atoms with Crippen LogP contribution in [0.25, 0.3) is 0 Å². The smallest absolute Gasteiger partial charge is 0.0509 e. The minimum Gasteiger partial charge on any atom is -0.381 e. The highest BCUT2D eigenvalue weighted by Crippen LogP contribution is 2.22. The lowest BCUT2D eigenvalue weighted by molar-refractivity contribution is 0.128. The second-order valence-corrected chi connectivity index (χ2v) is 5.50. The Hall–Kier alpha value is -0.120. The quantitative estimate of drug-likeness (QED) is 0.783. The van der Waals surface area contributed by atoms with Gasteiger partial charge in [-0.15, -0.1) is 0 Å². The molecule has 2 aliphatic rings. The summed E-state index contributed by atoms with van der Waals surface area (Å²) in [6.07, 6.45) is 3.94. The van der Waals surface area contributed by atoms with Gasteiger partial charge in [0.2, 0.25) is 0 Å². The Kier molecular flexibility index (Phi) is 4.62. The number of ether oxygens (including phenoxy) is 1. The van der Waals surface area contributed by atoms with Gasteiger partial charge < -0.3 is 15.0 Å². The van der Waals surface area contributed by atoms with Crippen molar-refractivity contribution in [3.8, 4) is 0 Å². The van der Waals surface area contributed by atoms with Gasteiger partial charge in [0, 0.05) is 19.2 Å². The van der Waals surface area contributed by atoms with Crippen molar-refractivity contribution in [2.45, 2.75) is 32.2 Å². The molecule has 2 heterocycles. The molecule has 0 aromatic carbocycles. The average molecular weight is 226 g/mol. The van der Waals surface area contributed by atoms with E-state index in [1.165, 1.54) is 38.9 Å². The van der Waals surface area contributed by atoms with E-state index >= 15 is 0 Å². The van der Waals surface area contributed by atoms with Crippen LogP contribution in [0.4, 0.5) is 0 Å². The van der Waals surface area contributed by atoms with Crippen LogP contribution in [0, 0.1) is 11.8 Å². The highest BCUT2D eigenvalue weighted by atomic mass is 16.5. The largest absolute Gasteiger partial charge is 0.381 e. The van der Waals surface area contributed by atoms with Gasteiger partial charge in [0.1, 0.15) is 0 Å². The van der Waals surface area contributed by atoms with Gasteiger partial charge in [0.15, 0.2) is 0 Å². The zero-order valence-corrected chi connectivity index (χ0v) is 10.7. The van der Waals surface area contributed by atoms with Crippen molar-refractivity contribution in [2.24, 2.45) is 11.8 Å². The van der Waals surface area contributed by atoms with Gasteiger partial charge in [0.25, 0.3) is 0 Å². The summed E-state index contributed by atoms with van der Waals surface area (Å²) < 4.78 is 5.48. The standard InChI is InChI=1S/C13H26N2O/c1-11(13-5-8-16-10-13)15(2)9-12-3-6-14-7-4-12/h11-14H,3-10H2,1-2H3. The van der Waals surface area contributed by atoms with E-state index in [1.807, 2.05) is 0 Å². The molecule has 3 nitrogen and oxygen atoms in total. The number of hydrogen-bond donors (Lipinski definition) is 1. The summed E-state index contributed by atoms with van der Waals surface area (Å²) in [5.74, 6) is 1.66. The van der Waals surface area contributed by atoms with Crippen molar-refractivity contribution in [1.29, 1.82) is 0 Å². The van der Waals surface area contributed by atoms with Gasteiger partial charge in [0.05, 0.1) is 6.61 Å². The van der Waals surface area contributed by atoms with Gasteiger partial charge >= 0.3 is 0 Å². The number of rotatable bonds is 4. The second-order valence-electron chi connectivity index (χ2n) is 5.50. The van der Waals surface area contributed by atoms with Crippen LogP contribution in [0.5, 0.6) is 0 Å². The number of piperidine rings is 1. The molecule has 0 spiro atoms. The summed E-state index contributed by atoms with van der Waals surface area (Å²) in [5.41, 5.74) is 0. The van der Waals surface area contributed by atoms with E-state index in [-0.39, 0.29) is 0 Å². The van der Waals surface area contributed by atoms with Crippen molar-refractivity contribution in [3.63, 3.8) is 0 Å². The molecule has 2 fully saturated rings. The fourth-order valence-corrected chi connectivity index (χ4v) is 2.93. The third kappa shape index (κ3) is 3.19. The van der Waals surface area contributed by atoms with Crippen molar-refractivity contribution in [2.75, 3.05) is 39.9 Å². The molecular weight excluding hydrogens is 200 g/mol. The lowest BCUT2D eigenvalue weighted by Crippen LogP contribution is -2.41. The highest BCUT2D eigenvalue weighted by Gasteiger charge is 2.26. The van der Waals surface area contributed by atoms with E-state index in [0.29, 0.717) is 6.04 Å². The topological polar surface area (TPSA) is 24.5 Å². The van der Waals surface area contributed by atoms with Crippen molar-refractivity contribution in [3.05, 3.63) is 0 Å². The maximum atomic E-state index is 5.48. The molecule has 0 aliphatic carbocycles. The number of hydrogen-bond acceptors (Lipinski definition) is 3. The maximum Gasteiger partial charge on any atom is 0.0509 e. The Morgan fingerprint density at radius 3 is 2.69 bits per heavy atom. The first-order chi connectivity index (χ1) is 7.77. The fourth-order valence-electron chi connectivity index (χ4n) is 2.93.